The molecule has 0 radical (unpaired) electrons. The number of nitrogens with zero attached hydrogens (tertiary/aromatic N) is 1. The smallest absolute Gasteiger partial charge is 0.225 e. The predicted octanol–water partition coefficient (Wildman–Crippen LogP) is 1.77. The largest absolute Gasteiger partial charge is 0.340 e. The van der Waals surface area contributed by atoms with E-state index in [9.17, 15) is 4.79 Å². The molecule has 2 rings (SSSR count). The Kier molecular flexibility index (Phi) is 3.53. The van der Waals surface area contributed by atoms with Crippen LogP contribution in [0.3, 0.4) is 0 Å². The fourth-order valence-corrected chi connectivity index (χ4v) is 3.21. The van der Waals surface area contributed by atoms with Crippen LogP contribution >= 0.6 is 0 Å². The van der Waals surface area contributed by atoms with Crippen LogP contribution in [0.25, 0.3) is 0 Å². The quantitative estimate of drug-likeness (QED) is 0.792. The van der Waals surface area contributed by atoms with Gasteiger partial charge in [0.05, 0.1) is 0 Å². The zero-order valence-corrected chi connectivity index (χ0v) is 10.7. The van der Waals surface area contributed by atoms with Crippen molar-refractivity contribution in [2.24, 2.45) is 5.92 Å². The number of hydrogen-bond donors (Lipinski definition) is 1. The first kappa shape index (κ1) is 11.9. The Morgan fingerprint density at radius 3 is 2.31 bits per heavy atom. The molecule has 2 aliphatic heterocycles. The lowest BCUT2D eigenvalue weighted by Gasteiger charge is -2.38. The summed E-state index contributed by atoms with van der Waals surface area (Å²) >= 11 is 0. The van der Waals surface area contributed by atoms with Gasteiger partial charge in [0.1, 0.15) is 0 Å². The second-order valence-corrected chi connectivity index (χ2v) is 5.54. The van der Waals surface area contributed by atoms with Gasteiger partial charge in [-0.3, -0.25) is 4.79 Å². The van der Waals surface area contributed by atoms with Crippen molar-refractivity contribution in [1.82, 2.24) is 10.2 Å². The SMILES string of the molecule is CCN(C(=O)C(C)C)C1CC2CCC(C1)N2. The van der Waals surface area contributed by atoms with Gasteiger partial charge in [-0.2, -0.15) is 0 Å². The minimum Gasteiger partial charge on any atom is -0.340 e. The van der Waals surface area contributed by atoms with Gasteiger partial charge in [0.2, 0.25) is 5.91 Å². The molecule has 0 saturated carbocycles. The summed E-state index contributed by atoms with van der Waals surface area (Å²) in [7, 11) is 0. The highest BCUT2D eigenvalue weighted by Gasteiger charge is 2.37. The zero-order chi connectivity index (χ0) is 11.7. The monoisotopic (exact) mass is 224 g/mol. The predicted molar refractivity (Wildman–Crippen MR) is 65.2 cm³/mol. The molecule has 2 bridgehead atoms. The Morgan fingerprint density at radius 2 is 1.88 bits per heavy atom. The standard InChI is InChI=1S/C13H24N2O/c1-4-15(13(16)9(2)3)12-7-10-5-6-11(8-12)14-10/h9-12,14H,4-8H2,1-3H3. The first-order valence-electron chi connectivity index (χ1n) is 6.68. The Balaban J connectivity index is 2.02. The van der Waals surface area contributed by atoms with Gasteiger partial charge in [-0.15, -0.1) is 0 Å². The van der Waals surface area contributed by atoms with Crippen molar-refractivity contribution >= 4 is 5.91 Å². The van der Waals surface area contributed by atoms with Crippen molar-refractivity contribution in [1.29, 1.82) is 0 Å². The highest BCUT2D eigenvalue weighted by atomic mass is 16.2. The molecule has 0 aliphatic carbocycles. The van der Waals surface area contributed by atoms with Gasteiger partial charge >= 0.3 is 0 Å². The van der Waals surface area contributed by atoms with Gasteiger partial charge in [0.25, 0.3) is 0 Å². The van der Waals surface area contributed by atoms with E-state index in [4.69, 9.17) is 0 Å². The summed E-state index contributed by atoms with van der Waals surface area (Å²) in [4.78, 5) is 14.2. The molecule has 0 aromatic rings. The van der Waals surface area contributed by atoms with E-state index in [1.165, 1.54) is 12.8 Å². The molecule has 3 nitrogen and oxygen atoms in total. The van der Waals surface area contributed by atoms with Gasteiger partial charge in [0, 0.05) is 30.6 Å². The van der Waals surface area contributed by atoms with Crippen LogP contribution in [-0.4, -0.2) is 35.5 Å². The summed E-state index contributed by atoms with van der Waals surface area (Å²) in [6, 6.07) is 1.81. The lowest BCUT2D eigenvalue weighted by molar-refractivity contribution is -0.137. The fraction of sp³-hybridized carbons (Fsp3) is 0.923. The molecule has 0 spiro atoms. The minimum atomic E-state index is 0.132. The number of fused-ring (bicyclic) bond motifs is 2. The fourth-order valence-electron chi connectivity index (χ4n) is 3.21. The summed E-state index contributed by atoms with van der Waals surface area (Å²) in [5.74, 6) is 0.460. The van der Waals surface area contributed by atoms with Crippen LogP contribution in [0.4, 0.5) is 0 Å². The maximum absolute atomic E-state index is 12.1. The summed E-state index contributed by atoms with van der Waals surface area (Å²) in [5, 5.41) is 3.63. The van der Waals surface area contributed by atoms with Crippen molar-refractivity contribution in [3.8, 4) is 0 Å². The number of amides is 1. The summed E-state index contributed by atoms with van der Waals surface area (Å²) in [6.07, 6.45) is 4.91. The molecule has 2 aliphatic rings. The van der Waals surface area contributed by atoms with Crippen molar-refractivity contribution in [3.63, 3.8) is 0 Å². The number of nitrogens with one attached hydrogen (secondary N) is 1. The Bertz CT molecular complexity index is 253. The summed E-state index contributed by atoms with van der Waals surface area (Å²) < 4.78 is 0. The third-order valence-electron chi connectivity index (χ3n) is 4.01. The second kappa shape index (κ2) is 4.74. The van der Waals surface area contributed by atoms with Crippen LogP contribution in [0.15, 0.2) is 0 Å². The molecular formula is C13H24N2O. The molecule has 0 aromatic heterocycles. The van der Waals surface area contributed by atoms with E-state index in [0.29, 0.717) is 24.0 Å². The first-order chi connectivity index (χ1) is 7.61. The first-order valence-corrected chi connectivity index (χ1v) is 6.68. The van der Waals surface area contributed by atoms with Crippen LogP contribution in [-0.2, 0) is 4.79 Å². The molecule has 0 aromatic carbocycles. The van der Waals surface area contributed by atoms with E-state index in [1.807, 2.05) is 13.8 Å². The van der Waals surface area contributed by atoms with Crippen molar-refractivity contribution in [3.05, 3.63) is 0 Å². The number of carbonyl (C=O) groups is 1. The van der Waals surface area contributed by atoms with Crippen molar-refractivity contribution < 1.29 is 4.79 Å². The van der Waals surface area contributed by atoms with Gasteiger partial charge in [-0.1, -0.05) is 13.8 Å². The molecule has 2 fully saturated rings. The van der Waals surface area contributed by atoms with Crippen molar-refractivity contribution in [2.45, 2.75) is 64.6 Å². The molecule has 2 heterocycles. The van der Waals surface area contributed by atoms with E-state index in [0.717, 1.165) is 19.4 Å². The molecule has 2 unspecified atom stereocenters. The van der Waals surface area contributed by atoms with Crippen LogP contribution in [0, 0.1) is 5.92 Å². The maximum Gasteiger partial charge on any atom is 0.225 e. The van der Waals surface area contributed by atoms with E-state index >= 15 is 0 Å². The third kappa shape index (κ3) is 2.24. The molecule has 16 heavy (non-hydrogen) atoms. The third-order valence-corrected chi connectivity index (χ3v) is 4.01. The topological polar surface area (TPSA) is 32.3 Å². The summed E-state index contributed by atoms with van der Waals surface area (Å²) in [6.45, 7) is 6.96. The van der Waals surface area contributed by atoms with E-state index in [2.05, 4.69) is 17.1 Å². The van der Waals surface area contributed by atoms with Crippen LogP contribution in [0.5, 0.6) is 0 Å². The Hall–Kier alpha value is -0.570. The number of hydrogen-bond acceptors (Lipinski definition) is 2. The van der Waals surface area contributed by atoms with E-state index in [1.54, 1.807) is 0 Å². The number of rotatable bonds is 3. The van der Waals surface area contributed by atoms with Gasteiger partial charge in [0.15, 0.2) is 0 Å². The molecule has 92 valence electrons. The highest BCUT2D eigenvalue weighted by molar-refractivity contribution is 5.78. The molecule has 1 amide bonds. The van der Waals surface area contributed by atoms with Crippen LogP contribution in [0.2, 0.25) is 0 Å². The van der Waals surface area contributed by atoms with E-state index < -0.39 is 0 Å². The van der Waals surface area contributed by atoms with Gasteiger partial charge in [-0.25, -0.2) is 0 Å². The zero-order valence-electron chi connectivity index (χ0n) is 10.7. The normalized spacial score (nSPS) is 33.1. The Morgan fingerprint density at radius 1 is 1.31 bits per heavy atom. The van der Waals surface area contributed by atoms with Crippen LogP contribution in [0.1, 0.15) is 46.5 Å². The van der Waals surface area contributed by atoms with Gasteiger partial charge < -0.3 is 10.2 Å². The molecule has 2 saturated heterocycles. The average molecular weight is 224 g/mol. The molecule has 2 atom stereocenters. The average Bonchev–Trinajstić information content (AvgIpc) is 2.59. The molecular weight excluding hydrogens is 200 g/mol. The number of carbonyl (C=O) groups excluding carboxylic acids is 1. The van der Waals surface area contributed by atoms with E-state index in [-0.39, 0.29) is 5.92 Å². The Labute approximate surface area is 98.6 Å². The molecule has 1 N–H and O–H groups in total. The lowest BCUT2D eigenvalue weighted by atomic mass is 9.97. The maximum atomic E-state index is 12.1. The van der Waals surface area contributed by atoms with Gasteiger partial charge in [-0.05, 0) is 32.6 Å². The number of piperidine rings is 1. The molecule has 3 heteroatoms. The summed E-state index contributed by atoms with van der Waals surface area (Å²) in [5.41, 5.74) is 0. The highest BCUT2D eigenvalue weighted by Crippen LogP contribution is 2.30. The van der Waals surface area contributed by atoms with Crippen LogP contribution < -0.4 is 5.32 Å². The lowest BCUT2D eigenvalue weighted by Crippen LogP contribution is -2.51. The van der Waals surface area contributed by atoms with Crippen molar-refractivity contribution in [2.75, 3.05) is 6.54 Å². The second-order valence-electron chi connectivity index (χ2n) is 5.54. The minimum absolute atomic E-state index is 0.132.